The summed E-state index contributed by atoms with van der Waals surface area (Å²) in [7, 11) is 1.61. The molecular weight excluding hydrogens is 476 g/mol. The number of hydrogen-bond donors (Lipinski definition) is 2. The van der Waals surface area contributed by atoms with Gasteiger partial charge in [-0.05, 0) is 91.2 Å². The molecule has 0 atom stereocenters. The standard InChI is InChI=1S/C27H23N5O2.C3H5N/c1-17-5-7-20(34-2)14-22(17)26(33)31-27(9-10-27)23-12-19(13-24-21(23)4-3-11-28-24)18-6-8-25-29-16-30-32(25)15-18;1-2-4-3-1/h3-8,11-16H,9-10H2,1-2H3,(H,31,33);1-2,4H,3H2. The summed E-state index contributed by atoms with van der Waals surface area (Å²) in [6, 6.07) is 17.8. The maximum atomic E-state index is 13.4. The number of benzene rings is 2. The molecule has 4 heterocycles. The third-order valence-electron chi connectivity index (χ3n) is 7.11. The summed E-state index contributed by atoms with van der Waals surface area (Å²) in [4.78, 5) is 22.2. The van der Waals surface area contributed by atoms with E-state index < -0.39 is 5.54 Å². The van der Waals surface area contributed by atoms with Crippen LogP contribution in [0.25, 0.3) is 27.7 Å². The third-order valence-corrected chi connectivity index (χ3v) is 7.11. The van der Waals surface area contributed by atoms with Crippen LogP contribution in [0.15, 0.2) is 85.6 Å². The zero-order valence-electron chi connectivity index (χ0n) is 21.3. The highest BCUT2D eigenvalue weighted by Gasteiger charge is 2.47. The molecule has 1 amide bonds. The number of fused-ring (bicyclic) bond motifs is 2. The number of hydrogen-bond acceptors (Lipinski definition) is 6. The average molecular weight is 505 g/mol. The van der Waals surface area contributed by atoms with Crippen LogP contribution in [0.3, 0.4) is 0 Å². The topological polar surface area (TPSA) is 93.4 Å². The predicted octanol–water partition coefficient (Wildman–Crippen LogP) is 4.78. The van der Waals surface area contributed by atoms with Crippen LogP contribution >= 0.6 is 0 Å². The Morgan fingerprint density at radius 1 is 1.08 bits per heavy atom. The Kier molecular flexibility index (Phi) is 5.99. The Hall–Kier alpha value is -4.72. The molecule has 1 fully saturated rings. The molecular formula is C30H28N6O2. The van der Waals surface area contributed by atoms with Crippen LogP contribution in [-0.4, -0.2) is 39.1 Å². The number of nitrogens with zero attached hydrogens (tertiary/aromatic N) is 4. The van der Waals surface area contributed by atoms with Crippen LogP contribution in [0.2, 0.25) is 0 Å². The van der Waals surface area contributed by atoms with Gasteiger partial charge in [-0.3, -0.25) is 9.78 Å². The summed E-state index contributed by atoms with van der Waals surface area (Å²) in [6.07, 6.45) is 11.1. The minimum Gasteiger partial charge on any atom is -0.497 e. The van der Waals surface area contributed by atoms with Gasteiger partial charge >= 0.3 is 0 Å². The lowest BCUT2D eigenvalue weighted by Crippen LogP contribution is -2.35. The van der Waals surface area contributed by atoms with Gasteiger partial charge in [-0.2, -0.15) is 5.10 Å². The second-order valence-corrected chi connectivity index (χ2v) is 9.60. The number of ether oxygens (including phenoxy) is 1. The van der Waals surface area contributed by atoms with Crippen molar-refractivity contribution in [2.24, 2.45) is 0 Å². The summed E-state index contributed by atoms with van der Waals surface area (Å²) in [6.45, 7) is 3.01. The van der Waals surface area contributed by atoms with Crippen molar-refractivity contribution in [1.82, 2.24) is 30.2 Å². The molecule has 2 aromatic carbocycles. The van der Waals surface area contributed by atoms with Crippen molar-refractivity contribution in [3.63, 3.8) is 0 Å². The highest BCUT2D eigenvalue weighted by molar-refractivity contribution is 5.98. The predicted molar refractivity (Wildman–Crippen MR) is 147 cm³/mol. The first-order chi connectivity index (χ1) is 18.6. The second kappa shape index (κ2) is 9.63. The van der Waals surface area contributed by atoms with Crippen LogP contribution in [0.1, 0.15) is 34.3 Å². The van der Waals surface area contributed by atoms with Gasteiger partial charge < -0.3 is 15.4 Å². The Labute approximate surface area is 220 Å². The van der Waals surface area contributed by atoms with Gasteiger partial charge in [0, 0.05) is 35.5 Å². The summed E-state index contributed by atoms with van der Waals surface area (Å²) < 4.78 is 7.10. The van der Waals surface area contributed by atoms with Crippen molar-refractivity contribution >= 4 is 22.5 Å². The normalized spacial score (nSPS) is 14.7. The molecule has 8 nitrogen and oxygen atoms in total. The summed E-state index contributed by atoms with van der Waals surface area (Å²) in [5.41, 5.74) is 5.92. The van der Waals surface area contributed by atoms with Gasteiger partial charge in [0.1, 0.15) is 12.1 Å². The molecule has 190 valence electrons. The monoisotopic (exact) mass is 504 g/mol. The van der Waals surface area contributed by atoms with E-state index in [9.17, 15) is 4.79 Å². The highest BCUT2D eigenvalue weighted by Crippen LogP contribution is 2.49. The molecule has 38 heavy (non-hydrogen) atoms. The fourth-order valence-corrected chi connectivity index (χ4v) is 4.69. The molecule has 0 unspecified atom stereocenters. The van der Waals surface area contributed by atoms with E-state index in [2.05, 4.69) is 50.0 Å². The summed E-state index contributed by atoms with van der Waals surface area (Å²) in [5.74, 6) is 0.570. The molecule has 1 aliphatic heterocycles. The van der Waals surface area contributed by atoms with Gasteiger partial charge in [0.15, 0.2) is 5.65 Å². The van der Waals surface area contributed by atoms with Gasteiger partial charge in [0.25, 0.3) is 5.91 Å². The fraction of sp³-hybridized carbons (Fsp3) is 0.200. The zero-order chi connectivity index (χ0) is 26.1. The van der Waals surface area contributed by atoms with Gasteiger partial charge in [-0.15, -0.1) is 0 Å². The Bertz CT molecular complexity index is 1680. The number of carbonyl (C=O) groups excluding carboxylic acids is 1. The van der Waals surface area contributed by atoms with E-state index >= 15 is 0 Å². The molecule has 1 saturated carbocycles. The van der Waals surface area contributed by atoms with E-state index in [1.54, 1.807) is 30.2 Å². The zero-order valence-corrected chi connectivity index (χ0v) is 21.3. The molecule has 1 aliphatic carbocycles. The quantitative estimate of drug-likeness (QED) is 0.358. The smallest absolute Gasteiger partial charge is 0.252 e. The molecule has 2 aliphatic rings. The van der Waals surface area contributed by atoms with E-state index in [1.807, 2.05) is 49.7 Å². The fourth-order valence-electron chi connectivity index (χ4n) is 4.69. The molecule has 8 heteroatoms. The van der Waals surface area contributed by atoms with E-state index in [0.717, 1.165) is 58.2 Å². The number of amides is 1. The molecule has 5 aromatic rings. The van der Waals surface area contributed by atoms with Gasteiger partial charge in [0.05, 0.1) is 18.2 Å². The van der Waals surface area contributed by atoms with Crippen molar-refractivity contribution in [2.45, 2.75) is 25.3 Å². The minimum atomic E-state index is -0.429. The van der Waals surface area contributed by atoms with Crippen LogP contribution < -0.4 is 15.4 Å². The van der Waals surface area contributed by atoms with Crippen molar-refractivity contribution in [3.8, 4) is 16.9 Å². The number of carbonyl (C=O) groups is 1. The molecule has 0 bridgehead atoms. The Morgan fingerprint density at radius 3 is 2.63 bits per heavy atom. The maximum Gasteiger partial charge on any atom is 0.252 e. The van der Waals surface area contributed by atoms with Gasteiger partial charge in [0.2, 0.25) is 0 Å². The lowest BCUT2D eigenvalue weighted by Gasteiger charge is -2.22. The largest absolute Gasteiger partial charge is 0.497 e. The first-order valence-electron chi connectivity index (χ1n) is 12.6. The van der Waals surface area contributed by atoms with Crippen molar-refractivity contribution in [2.75, 3.05) is 13.7 Å². The number of methoxy groups -OCH3 is 1. The first kappa shape index (κ1) is 23.7. The van der Waals surface area contributed by atoms with Gasteiger partial charge in [-0.1, -0.05) is 12.1 Å². The average Bonchev–Trinajstić information content (AvgIpc) is 3.52. The van der Waals surface area contributed by atoms with E-state index in [4.69, 9.17) is 4.74 Å². The Balaban J connectivity index is 0.000000606. The molecule has 3 aromatic heterocycles. The lowest BCUT2D eigenvalue weighted by molar-refractivity contribution is 0.0930. The molecule has 2 N–H and O–H groups in total. The van der Waals surface area contributed by atoms with Crippen LogP contribution in [0.5, 0.6) is 5.75 Å². The number of pyridine rings is 2. The molecule has 0 radical (unpaired) electrons. The summed E-state index contributed by atoms with van der Waals surface area (Å²) in [5, 5.41) is 11.6. The Morgan fingerprint density at radius 2 is 1.89 bits per heavy atom. The van der Waals surface area contributed by atoms with Crippen LogP contribution in [0, 0.1) is 6.92 Å². The maximum absolute atomic E-state index is 13.4. The number of rotatable bonds is 5. The van der Waals surface area contributed by atoms with Crippen molar-refractivity contribution in [3.05, 3.63) is 102 Å². The van der Waals surface area contributed by atoms with E-state index in [-0.39, 0.29) is 5.91 Å². The number of nitrogens with one attached hydrogen (secondary N) is 2. The lowest BCUT2D eigenvalue weighted by atomic mass is 9.93. The second-order valence-electron chi connectivity index (χ2n) is 9.60. The van der Waals surface area contributed by atoms with Gasteiger partial charge in [-0.25, -0.2) is 9.50 Å². The molecule has 0 saturated heterocycles. The minimum absolute atomic E-state index is 0.0969. The van der Waals surface area contributed by atoms with Crippen LogP contribution in [0.4, 0.5) is 0 Å². The first-order valence-corrected chi connectivity index (χ1v) is 12.6. The van der Waals surface area contributed by atoms with Crippen molar-refractivity contribution < 1.29 is 9.53 Å². The number of aryl methyl sites for hydroxylation is 1. The molecule has 0 spiro atoms. The number of aromatic nitrogens is 4. The van der Waals surface area contributed by atoms with Crippen molar-refractivity contribution in [1.29, 1.82) is 0 Å². The van der Waals surface area contributed by atoms with E-state index in [1.165, 1.54) is 0 Å². The molecule has 7 rings (SSSR count). The van der Waals surface area contributed by atoms with E-state index in [0.29, 0.717) is 11.3 Å². The highest BCUT2D eigenvalue weighted by atomic mass is 16.5. The SMILES string of the molecule is C1=CNC1.COc1ccc(C)c(C(=O)NC2(c3cc(-c4ccc5ncnn5c4)cc4ncccc34)CC2)c1. The summed E-state index contributed by atoms with van der Waals surface area (Å²) >= 11 is 0. The third kappa shape index (κ3) is 4.45. The van der Waals surface area contributed by atoms with Crippen LogP contribution in [-0.2, 0) is 5.54 Å².